The van der Waals surface area contributed by atoms with E-state index in [1.54, 1.807) is 46.8 Å². The summed E-state index contributed by atoms with van der Waals surface area (Å²) in [4.78, 5) is 25.8. The number of carbonyl (C=O) groups excluding carboxylic acids is 2. The van der Waals surface area contributed by atoms with Crippen molar-refractivity contribution < 1.29 is 19.2 Å². The lowest BCUT2D eigenvalue weighted by atomic mass is 10.1. The summed E-state index contributed by atoms with van der Waals surface area (Å²) < 4.78 is 13.3. The van der Waals surface area contributed by atoms with Gasteiger partial charge in [-0.05, 0) is 41.8 Å². The SMILES string of the molecule is CCCCN(Cc1ccc(C(=O)NO)cc1)C(=O)Cc1cccc(F)c1. The fourth-order valence-corrected chi connectivity index (χ4v) is 2.62. The zero-order chi connectivity index (χ0) is 18.9. The summed E-state index contributed by atoms with van der Waals surface area (Å²) in [5.74, 6) is -1.00. The molecule has 0 aromatic heterocycles. The summed E-state index contributed by atoms with van der Waals surface area (Å²) in [5, 5.41) is 8.65. The first kappa shape index (κ1) is 19.6. The molecule has 138 valence electrons. The number of halogens is 1. The van der Waals surface area contributed by atoms with E-state index in [1.807, 2.05) is 0 Å². The predicted molar refractivity (Wildman–Crippen MR) is 96.1 cm³/mol. The van der Waals surface area contributed by atoms with Gasteiger partial charge in [-0.1, -0.05) is 37.6 Å². The molecule has 0 bridgehead atoms. The minimum absolute atomic E-state index is 0.0683. The van der Waals surface area contributed by atoms with E-state index in [4.69, 9.17) is 5.21 Å². The summed E-state index contributed by atoms with van der Waals surface area (Å²) in [6.45, 7) is 3.08. The zero-order valence-electron chi connectivity index (χ0n) is 14.7. The molecular weight excluding hydrogens is 335 g/mol. The average molecular weight is 358 g/mol. The summed E-state index contributed by atoms with van der Waals surface area (Å²) in [6, 6.07) is 12.7. The number of rotatable bonds is 8. The normalized spacial score (nSPS) is 10.4. The van der Waals surface area contributed by atoms with Gasteiger partial charge in [0.05, 0.1) is 6.42 Å². The molecule has 0 spiro atoms. The van der Waals surface area contributed by atoms with Crippen molar-refractivity contribution in [2.45, 2.75) is 32.7 Å². The van der Waals surface area contributed by atoms with E-state index < -0.39 is 5.91 Å². The summed E-state index contributed by atoms with van der Waals surface area (Å²) in [5.41, 5.74) is 3.44. The standard InChI is InChI=1S/C20H23FN2O3/c1-2-3-11-23(19(24)13-16-5-4-6-18(21)12-16)14-15-7-9-17(10-8-15)20(25)22-26/h4-10,12,26H,2-3,11,13-14H2,1H3,(H,22,25). The highest BCUT2D eigenvalue weighted by atomic mass is 19.1. The number of hydrogen-bond donors (Lipinski definition) is 2. The zero-order valence-corrected chi connectivity index (χ0v) is 14.7. The third-order valence-corrected chi connectivity index (χ3v) is 4.07. The van der Waals surface area contributed by atoms with Gasteiger partial charge < -0.3 is 4.90 Å². The average Bonchev–Trinajstić information content (AvgIpc) is 2.65. The first-order chi connectivity index (χ1) is 12.5. The van der Waals surface area contributed by atoms with Crippen LogP contribution in [-0.4, -0.2) is 28.5 Å². The van der Waals surface area contributed by atoms with E-state index in [2.05, 4.69) is 6.92 Å². The van der Waals surface area contributed by atoms with Gasteiger partial charge in [-0.3, -0.25) is 14.8 Å². The topological polar surface area (TPSA) is 69.6 Å². The first-order valence-corrected chi connectivity index (χ1v) is 8.59. The molecule has 0 heterocycles. The molecule has 6 heteroatoms. The van der Waals surface area contributed by atoms with Crippen molar-refractivity contribution in [3.63, 3.8) is 0 Å². The second-order valence-electron chi connectivity index (χ2n) is 6.11. The van der Waals surface area contributed by atoms with Gasteiger partial charge in [-0.25, -0.2) is 9.87 Å². The van der Waals surface area contributed by atoms with E-state index in [0.717, 1.165) is 18.4 Å². The molecule has 5 nitrogen and oxygen atoms in total. The van der Waals surface area contributed by atoms with Gasteiger partial charge in [-0.15, -0.1) is 0 Å². The molecule has 0 aliphatic rings. The highest BCUT2D eigenvalue weighted by Crippen LogP contribution is 2.12. The van der Waals surface area contributed by atoms with E-state index in [1.165, 1.54) is 12.1 Å². The van der Waals surface area contributed by atoms with Crippen molar-refractivity contribution in [1.82, 2.24) is 10.4 Å². The van der Waals surface area contributed by atoms with Crippen LogP contribution in [0, 0.1) is 5.82 Å². The van der Waals surface area contributed by atoms with Crippen LogP contribution in [0.15, 0.2) is 48.5 Å². The lowest BCUT2D eigenvalue weighted by molar-refractivity contribution is -0.131. The second kappa shape index (κ2) is 9.68. The van der Waals surface area contributed by atoms with E-state index in [9.17, 15) is 14.0 Å². The molecule has 26 heavy (non-hydrogen) atoms. The van der Waals surface area contributed by atoms with Crippen molar-refractivity contribution >= 4 is 11.8 Å². The van der Waals surface area contributed by atoms with Crippen molar-refractivity contribution in [2.75, 3.05) is 6.54 Å². The number of unbranched alkanes of at least 4 members (excludes halogenated alkanes) is 1. The summed E-state index contributed by atoms with van der Waals surface area (Å²) in [7, 11) is 0. The molecule has 0 radical (unpaired) electrons. The van der Waals surface area contributed by atoms with Crippen LogP contribution in [0.25, 0.3) is 0 Å². The predicted octanol–water partition coefficient (Wildman–Crippen LogP) is 3.32. The largest absolute Gasteiger partial charge is 0.338 e. The van der Waals surface area contributed by atoms with Gasteiger partial charge >= 0.3 is 0 Å². The minimum atomic E-state index is -0.582. The maximum Gasteiger partial charge on any atom is 0.274 e. The maximum atomic E-state index is 13.3. The van der Waals surface area contributed by atoms with Gasteiger partial charge in [0, 0.05) is 18.7 Å². The Morgan fingerprint density at radius 1 is 1.12 bits per heavy atom. The Labute approximate surface area is 152 Å². The summed E-state index contributed by atoms with van der Waals surface area (Å²) in [6.07, 6.45) is 1.98. The van der Waals surface area contributed by atoms with E-state index in [0.29, 0.717) is 24.2 Å². The van der Waals surface area contributed by atoms with Crippen LogP contribution in [0.4, 0.5) is 4.39 Å². The molecule has 0 fully saturated rings. The van der Waals surface area contributed by atoms with Crippen LogP contribution in [0.2, 0.25) is 0 Å². The molecule has 2 aromatic rings. The lowest BCUT2D eigenvalue weighted by Crippen LogP contribution is -2.32. The van der Waals surface area contributed by atoms with Crippen LogP contribution in [0.1, 0.15) is 41.3 Å². The highest BCUT2D eigenvalue weighted by Gasteiger charge is 2.15. The molecule has 0 unspecified atom stereocenters. The molecule has 2 rings (SSSR count). The highest BCUT2D eigenvalue weighted by molar-refractivity contribution is 5.93. The molecular formula is C20H23FN2O3. The Morgan fingerprint density at radius 3 is 2.46 bits per heavy atom. The monoisotopic (exact) mass is 358 g/mol. The fourth-order valence-electron chi connectivity index (χ4n) is 2.62. The Morgan fingerprint density at radius 2 is 1.85 bits per heavy atom. The van der Waals surface area contributed by atoms with Crippen LogP contribution in [0.5, 0.6) is 0 Å². The van der Waals surface area contributed by atoms with Crippen molar-refractivity contribution in [3.8, 4) is 0 Å². The smallest absolute Gasteiger partial charge is 0.274 e. The van der Waals surface area contributed by atoms with Crippen LogP contribution < -0.4 is 5.48 Å². The molecule has 0 aliphatic heterocycles. The third-order valence-electron chi connectivity index (χ3n) is 4.07. The molecule has 0 saturated carbocycles. The number of carbonyl (C=O) groups is 2. The Bertz CT molecular complexity index is 747. The van der Waals surface area contributed by atoms with E-state index >= 15 is 0 Å². The van der Waals surface area contributed by atoms with Gasteiger partial charge in [0.25, 0.3) is 5.91 Å². The maximum absolute atomic E-state index is 13.3. The fraction of sp³-hybridized carbons (Fsp3) is 0.300. The number of nitrogens with one attached hydrogen (secondary N) is 1. The lowest BCUT2D eigenvalue weighted by Gasteiger charge is -2.23. The molecule has 2 aromatic carbocycles. The van der Waals surface area contributed by atoms with Crippen molar-refractivity contribution in [3.05, 3.63) is 71.0 Å². The van der Waals surface area contributed by atoms with E-state index in [-0.39, 0.29) is 18.1 Å². The number of nitrogens with zero attached hydrogens (tertiary/aromatic N) is 1. The molecule has 0 atom stereocenters. The number of amides is 2. The van der Waals surface area contributed by atoms with Crippen molar-refractivity contribution in [1.29, 1.82) is 0 Å². The molecule has 2 N–H and O–H groups in total. The van der Waals surface area contributed by atoms with Crippen LogP contribution >= 0.6 is 0 Å². The van der Waals surface area contributed by atoms with Gasteiger partial charge in [0.1, 0.15) is 5.82 Å². The third kappa shape index (κ3) is 5.67. The van der Waals surface area contributed by atoms with Crippen molar-refractivity contribution in [2.24, 2.45) is 0 Å². The number of hydroxylamine groups is 1. The van der Waals surface area contributed by atoms with Gasteiger partial charge in [0.15, 0.2) is 0 Å². The first-order valence-electron chi connectivity index (χ1n) is 8.59. The number of hydrogen-bond acceptors (Lipinski definition) is 3. The Hall–Kier alpha value is -2.73. The second-order valence-corrected chi connectivity index (χ2v) is 6.11. The molecule has 0 saturated heterocycles. The van der Waals surface area contributed by atoms with Gasteiger partial charge in [0.2, 0.25) is 5.91 Å². The minimum Gasteiger partial charge on any atom is -0.338 e. The van der Waals surface area contributed by atoms with Crippen LogP contribution in [0.3, 0.4) is 0 Å². The quantitative estimate of drug-likeness (QED) is 0.562. The van der Waals surface area contributed by atoms with Gasteiger partial charge in [-0.2, -0.15) is 0 Å². The number of benzene rings is 2. The molecule has 2 amide bonds. The molecule has 0 aliphatic carbocycles. The Balaban J connectivity index is 2.08. The Kier molecular flexibility index (Phi) is 7.29. The summed E-state index contributed by atoms with van der Waals surface area (Å²) >= 11 is 0. The van der Waals surface area contributed by atoms with Crippen LogP contribution in [-0.2, 0) is 17.8 Å².